The fraction of sp³-hybridized carbons (Fsp3) is 0.125. The van der Waals surface area contributed by atoms with Gasteiger partial charge in [-0.25, -0.2) is 4.39 Å². The van der Waals surface area contributed by atoms with E-state index in [0.29, 0.717) is 5.56 Å². The highest BCUT2D eigenvalue weighted by molar-refractivity contribution is 5.37. The SMILES string of the molecule is C#Cc1cncc(F)c1CO. The van der Waals surface area contributed by atoms with Crippen molar-refractivity contribution in [3.8, 4) is 12.3 Å². The Kier molecular flexibility index (Phi) is 2.19. The third kappa shape index (κ3) is 1.36. The van der Waals surface area contributed by atoms with Crippen LogP contribution in [0.5, 0.6) is 0 Å². The van der Waals surface area contributed by atoms with Crippen LogP contribution < -0.4 is 0 Å². The van der Waals surface area contributed by atoms with Crippen molar-refractivity contribution < 1.29 is 9.50 Å². The van der Waals surface area contributed by atoms with E-state index in [-0.39, 0.29) is 5.56 Å². The smallest absolute Gasteiger partial charge is 0.148 e. The van der Waals surface area contributed by atoms with Crippen molar-refractivity contribution in [3.63, 3.8) is 0 Å². The average molecular weight is 151 g/mol. The van der Waals surface area contributed by atoms with Crippen molar-refractivity contribution in [1.82, 2.24) is 4.98 Å². The van der Waals surface area contributed by atoms with Crippen molar-refractivity contribution in [2.45, 2.75) is 6.61 Å². The lowest BCUT2D eigenvalue weighted by Gasteiger charge is -1.99. The second-order valence-corrected chi connectivity index (χ2v) is 1.95. The summed E-state index contributed by atoms with van der Waals surface area (Å²) in [5.41, 5.74) is 0.426. The maximum Gasteiger partial charge on any atom is 0.148 e. The molecule has 1 rings (SSSR count). The summed E-state index contributed by atoms with van der Waals surface area (Å²) in [6, 6.07) is 0. The van der Waals surface area contributed by atoms with Crippen molar-refractivity contribution in [3.05, 3.63) is 29.3 Å². The third-order valence-electron chi connectivity index (χ3n) is 1.32. The van der Waals surface area contributed by atoms with Crippen LogP contribution in [-0.4, -0.2) is 10.1 Å². The van der Waals surface area contributed by atoms with Gasteiger partial charge in [0, 0.05) is 11.8 Å². The Balaban J connectivity index is 3.27. The predicted octanol–water partition coefficient (Wildman–Crippen LogP) is 0.694. The maximum atomic E-state index is 12.7. The summed E-state index contributed by atoms with van der Waals surface area (Å²) in [4.78, 5) is 3.54. The molecule has 0 amide bonds. The Labute approximate surface area is 63.7 Å². The van der Waals surface area contributed by atoms with Crippen LogP contribution in [0.15, 0.2) is 12.4 Å². The molecule has 0 spiro atoms. The van der Waals surface area contributed by atoms with Gasteiger partial charge in [-0.1, -0.05) is 5.92 Å². The topological polar surface area (TPSA) is 33.1 Å². The highest BCUT2D eigenvalue weighted by atomic mass is 19.1. The number of aliphatic hydroxyl groups is 1. The van der Waals surface area contributed by atoms with E-state index in [9.17, 15) is 4.39 Å². The molecule has 0 unspecified atom stereocenters. The summed E-state index contributed by atoms with van der Waals surface area (Å²) in [6.07, 6.45) is 7.39. The van der Waals surface area contributed by atoms with E-state index < -0.39 is 12.4 Å². The summed E-state index contributed by atoms with van der Waals surface area (Å²) in [6.45, 7) is -0.395. The Morgan fingerprint density at radius 1 is 1.64 bits per heavy atom. The van der Waals surface area contributed by atoms with Gasteiger partial charge in [0.2, 0.25) is 0 Å². The normalized spacial score (nSPS) is 9.18. The Bertz CT molecular complexity index is 303. The van der Waals surface area contributed by atoms with Gasteiger partial charge in [-0.3, -0.25) is 4.98 Å². The highest BCUT2D eigenvalue weighted by Crippen LogP contribution is 2.09. The van der Waals surface area contributed by atoms with Crippen LogP contribution in [0.3, 0.4) is 0 Å². The molecule has 0 aromatic carbocycles. The van der Waals surface area contributed by atoms with Crippen LogP contribution >= 0.6 is 0 Å². The van der Waals surface area contributed by atoms with Gasteiger partial charge in [0.15, 0.2) is 0 Å². The first-order valence-electron chi connectivity index (χ1n) is 2.99. The highest BCUT2D eigenvalue weighted by Gasteiger charge is 2.04. The van der Waals surface area contributed by atoms with Gasteiger partial charge in [-0.15, -0.1) is 6.42 Å². The Morgan fingerprint density at radius 3 is 2.82 bits per heavy atom. The summed E-state index contributed by atoms with van der Waals surface area (Å²) in [5, 5.41) is 8.67. The van der Waals surface area contributed by atoms with Crippen LogP contribution in [0.25, 0.3) is 0 Å². The zero-order chi connectivity index (χ0) is 8.27. The van der Waals surface area contributed by atoms with Gasteiger partial charge in [0.25, 0.3) is 0 Å². The maximum absolute atomic E-state index is 12.7. The van der Waals surface area contributed by atoms with Gasteiger partial charge >= 0.3 is 0 Å². The first-order chi connectivity index (χ1) is 5.29. The van der Waals surface area contributed by atoms with Crippen molar-refractivity contribution in [2.24, 2.45) is 0 Å². The molecule has 56 valence electrons. The van der Waals surface area contributed by atoms with Crippen LogP contribution in [0.1, 0.15) is 11.1 Å². The molecule has 1 N–H and O–H groups in total. The lowest BCUT2D eigenvalue weighted by Crippen LogP contribution is -1.95. The number of hydrogen-bond donors (Lipinski definition) is 1. The van der Waals surface area contributed by atoms with Crippen LogP contribution in [0.2, 0.25) is 0 Å². The fourth-order valence-corrected chi connectivity index (χ4v) is 0.747. The monoisotopic (exact) mass is 151 g/mol. The first-order valence-corrected chi connectivity index (χ1v) is 2.99. The molecule has 11 heavy (non-hydrogen) atoms. The summed E-state index contributed by atoms with van der Waals surface area (Å²) in [7, 11) is 0. The van der Waals surface area contributed by atoms with Crippen molar-refractivity contribution in [2.75, 3.05) is 0 Å². The molecule has 0 saturated carbocycles. The van der Waals surface area contributed by atoms with Gasteiger partial charge in [-0.05, 0) is 0 Å². The van der Waals surface area contributed by atoms with Gasteiger partial charge in [0.05, 0.1) is 18.4 Å². The van der Waals surface area contributed by atoms with Gasteiger partial charge in [0.1, 0.15) is 5.82 Å². The molecule has 0 radical (unpaired) electrons. The number of pyridine rings is 1. The van der Waals surface area contributed by atoms with Crippen LogP contribution in [0, 0.1) is 18.2 Å². The minimum Gasteiger partial charge on any atom is -0.392 e. The van der Waals surface area contributed by atoms with Crippen molar-refractivity contribution >= 4 is 0 Å². The molecule has 0 bridgehead atoms. The molecule has 2 nitrogen and oxygen atoms in total. The summed E-state index contributed by atoms with van der Waals surface area (Å²) >= 11 is 0. The third-order valence-corrected chi connectivity index (χ3v) is 1.32. The number of aliphatic hydroxyl groups excluding tert-OH is 1. The molecule has 0 atom stereocenters. The second kappa shape index (κ2) is 3.13. The van der Waals surface area contributed by atoms with E-state index in [1.165, 1.54) is 6.20 Å². The molecular formula is C8H6FNO. The molecule has 0 fully saturated rings. The number of terminal acetylenes is 1. The Morgan fingerprint density at radius 2 is 2.36 bits per heavy atom. The molecule has 0 aliphatic carbocycles. The first kappa shape index (κ1) is 7.70. The van der Waals surface area contributed by atoms with Gasteiger partial charge < -0.3 is 5.11 Å². The number of aromatic nitrogens is 1. The number of halogens is 1. The van der Waals surface area contributed by atoms with Crippen LogP contribution in [0.4, 0.5) is 4.39 Å². The lowest BCUT2D eigenvalue weighted by molar-refractivity contribution is 0.275. The lowest BCUT2D eigenvalue weighted by atomic mass is 10.1. The molecule has 0 saturated heterocycles. The van der Waals surface area contributed by atoms with E-state index in [0.717, 1.165) is 6.20 Å². The molecule has 1 aromatic heterocycles. The van der Waals surface area contributed by atoms with E-state index in [2.05, 4.69) is 10.9 Å². The zero-order valence-electron chi connectivity index (χ0n) is 5.71. The minimum atomic E-state index is -0.567. The number of rotatable bonds is 1. The largest absolute Gasteiger partial charge is 0.392 e. The number of nitrogens with zero attached hydrogens (tertiary/aromatic N) is 1. The molecule has 0 aliphatic heterocycles. The molecule has 0 aliphatic rings. The quantitative estimate of drug-likeness (QED) is 0.599. The van der Waals surface area contributed by atoms with Crippen LogP contribution in [-0.2, 0) is 6.61 Å². The van der Waals surface area contributed by atoms with E-state index in [1.807, 2.05) is 0 Å². The molecular weight excluding hydrogens is 145 g/mol. The van der Waals surface area contributed by atoms with E-state index in [1.54, 1.807) is 0 Å². The number of hydrogen-bond acceptors (Lipinski definition) is 2. The average Bonchev–Trinajstić information content (AvgIpc) is 2.04. The standard InChI is InChI=1S/C8H6FNO/c1-2-6-3-10-4-8(9)7(6)5-11/h1,3-4,11H,5H2. The van der Waals surface area contributed by atoms with Crippen molar-refractivity contribution in [1.29, 1.82) is 0 Å². The predicted molar refractivity (Wildman–Crippen MR) is 38.1 cm³/mol. The Hall–Kier alpha value is -1.40. The fourth-order valence-electron chi connectivity index (χ4n) is 0.747. The summed E-state index contributed by atoms with van der Waals surface area (Å²) < 4.78 is 12.7. The summed E-state index contributed by atoms with van der Waals surface area (Å²) in [5.74, 6) is 1.66. The van der Waals surface area contributed by atoms with E-state index in [4.69, 9.17) is 11.5 Å². The minimum absolute atomic E-state index is 0.127. The second-order valence-electron chi connectivity index (χ2n) is 1.95. The molecule has 1 heterocycles. The van der Waals surface area contributed by atoms with E-state index >= 15 is 0 Å². The van der Waals surface area contributed by atoms with Gasteiger partial charge in [-0.2, -0.15) is 0 Å². The molecule has 1 aromatic rings. The molecule has 3 heteroatoms. The zero-order valence-corrected chi connectivity index (χ0v) is 5.71.